The molecular weight excluding hydrogens is 302 g/mol. The molecule has 0 aliphatic rings. The second-order valence-electron chi connectivity index (χ2n) is 5.84. The predicted octanol–water partition coefficient (Wildman–Crippen LogP) is 2.75. The Labute approximate surface area is 141 Å². The van der Waals surface area contributed by atoms with E-state index in [4.69, 9.17) is 4.98 Å². The van der Waals surface area contributed by atoms with Gasteiger partial charge in [0.1, 0.15) is 5.69 Å². The zero-order valence-corrected chi connectivity index (χ0v) is 14.6. The minimum atomic E-state index is -0.136. The van der Waals surface area contributed by atoms with Gasteiger partial charge in [-0.25, -0.2) is 4.98 Å². The van der Waals surface area contributed by atoms with Gasteiger partial charge in [-0.05, 0) is 27.7 Å². The first-order chi connectivity index (χ1) is 11.6. The predicted molar refractivity (Wildman–Crippen MR) is 95.2 cm³/mol. The van der Waals surface area contributed by atoms with Crippen LogP contribution in [0.1, 0.15) is 30.8 Å². The molecule has 0 saturated carbocycles. The summed E-state index contributed by atoms with van der Waals surface area (Å²) in [6, 6.07) is 8.09. The highest BCUT2D eigenvalue weighted by atomic mass is 16.3. The van der Waals surface area contributed by atoms with Crippen molar-refractivity contribution in [1.29, 1.82) is 0 Å². The van der Waals surface area contributed by atoms with Crippen LogP contribution < -0.4 is 4.90 Å². The zero-order chi connectivity index (χ0) is 17.3. The number of imidazole rings is 1. The van der Waals surface area contributed by atoms with Crippen molar-refractivity contribution in [3.8, 4) is 11.3 Å². The van der Waals surface area contributed by atoms with E-state index in [2.05, 4.69) is 28.8 Å². The van der Waals surface area contributed by atoms with Crippen molar-refractivity contribution in [2.24, 2.45) is 0 Å². The molecule has 0 radical (unpaired) electrons. The number of aliphatic hydroxyl groups excluding tert-OH is 1. The van der Waals surface area contributed by atoms with Crippen molar-refractivity contribution in [2.45, 2.75) is 34.3 Å². The lowest BCUT2D eigenvalue weighted by molar-refractivity contribution is 0.274. The Morgan fingerprint density at radius 3 is 2.29 bits per heavy atom. The summed E-state index contributed by atoms with van der Waals surface area (Å²) in [6.07, 6.45) is 0. The van der Waals surface area contributed by atoms with Crippen LogP contribution in [0.25, 0.3) is 17.0 Å². The topological polar surface area (TPSA) is 66.5 Å². The average molecular weight is 325 g/mol. The van der Waals surface area contributed by atoms with E-state index in [9.17, 15) is 5.11 Å². The number of aryl methyl sites for hydroxylation is 2. The first-order valence-electron chi connectivity index (χ1n) is 8.28. The van der Waals surface area contributed by atoms with Gasteiger partial charge in [0.15, 0.2) is 5.82 Å². The van der Waals surface area contributed by atoms with Gasteiger partial charge in [0.25, 0.3) is 5.78 Å². The second kappa shape index (κ2) is 6.57. The largest absolute Gasteiger partial charge is 0.390 e. The van der Waals surface area contributed by atoms with Crippen LogP contribution in [-0.4, -0.2) is 37.8 Å². The van der Waals surface area contributed by atoms with Gasteiger partial charge in [-0.15, -0.1) is 0 Å². The lowest BCUT2D eigenvalue weighted by Gasteiger charge is -2.20. The molecule has 1 N–H and O–H groups in total. The number of hydrogen-bond donors (Lipinski definition) is 1. The van der Waals surface area contributed by atoms with E-state index in [-0.39, 0.29) is 6.61 Å². The quantitative estimate of drug-likeness (QED) is 0.781. The fourth-order valence-corrected chi connectivity index (χ4v) is 2.89. The molecule has 0 bridgehead atoms. The molecule has 2 heterocycles. The van der Waals surface area contributed by atoms with Gasteiger partial charge in [-0.2, -0.15) is 14.6 Å². The third-order valence-electron chi connectivity index (χ3n) is 4.25. The molecule has 2 aromatic heterocycles. The number of benzene rings is 1. The number of nitrogens with zero attached hydrogens (tertiary/aromatic N) is 5. The Hall–Kier alpha value is -2.47. The van der Waals surface area contributed by atoms with Gasteiger partial charge in [-0.3, -0.25) is 0 Å². The molecule has 3 rings (SSSR count). The summed E-state index contributed by atoms with van der Waals surface area (Å²) in [5, 5.41) is 14.5. The zero-order valence-electron chi connectivity index (χ0n) is 14.6. The van der Waals surface area contributed by atoms with Gasteiger partial charge >= 0.3 is 0 Å². The first kappa shape index (κ1) is 16.4. The summed E-state index contributed by atoms with van der Waals surface area (Å²) in [5.74, 6) is 1.36. The maximum absolute atomic E-state index is 9.84. The van der Waals surface area contributed by atoms with E-state index in [1.54, 1.807) is 4.52 Å². The lowest BCUT2D eigenvalue weighted by Crippen LogP contribution is -2.25. The van der Waals surface area contributed by atoms with E-state index in [1.807, 2.05) is 38.1 Å². The van der Waals surface area contributed by atoms with Crippen LogP contribution in [0.15, 0.2) is 24.3 Å². The second-order valence-corrected chi connectivity index (χ2v) is 5.84. The third-order valence-corrected chi connectivity index (χ3v) is 4.25. The highest BCUT2D eigenvalue weighted by Gasteiger charge is 2.18. The molecule has 0 fully saturated rings. The lowest BCUT2D eigenvalue weighted by atomic mass is 10.1. The van der Waals surface area contributed by atoms with Crippen molar-refractivity contribution >= 4 is 11.6 Å². The van der Waals surface area contributed by atoms with Crippen molar-refractivity contribution < 1.29 is 5.11 Å². The molecule has 0 aliphatic carbocycles. The number of fused-ring (bicyclic) bond motifs is 1. The fourth-order valence-electron chi connectivity index (χ4n) is 2.89. The van der Waals surface area contributed by atoms with E-state index in [0.717, 1.165) is 35.9 Å². The summed E-state index contributed by atoms with van der Waals surface area (Å²) < 4.78 is 1.65. The molecule has 0 aliphatic heterocycles. The number of aliphatic hydroxyl groups is 1. The maximum atomic E-state index is 9.84. The SMILES string of the molecule is CCN(CC)c1nc2nc(-c3ccc(C)cc3)c(CO)n2nc1C. The van der Waals surface area contributed by atoms with E-state index in [1.165, 1.54) is 5.56 Å². The molecule has 0 unspecified atom stereocenters. The van der Waals surface area contributed by atoms with Crippen LogP contribution in [0.4, 0.5) is 5.82 Å². The van der Waals surface area contributed by atoms with Crippen LogP contribution in [0.3, 0.4) is 0 Å². The van der Waals surface area contributed by atoms with E-state index >= 15 is 0 Å². The van der Waals surface area contributed by atoms with E-state index < -0.39 is 0 Å². The molecule has 0 atom stereocenters. The molecule has 0 saturated heterocycles. The van der Waals surface area contributed by atoms with Gasteiger partial charge in [0, 0.05) is 18.7 Å². The highest BCUT2D eigenvalue weighted by Crippen LogP contribution is 2.25. The molecule has 126 valence electrons. The third kappa shape index (κ3) is 2.73. The Morgan fingerprint density at radius 1 is 1.04 bits per heavy atom. The molecular formula is C18H23N5O. The smallest absolute Gasteiger partial charge is 0.253 e. The summed E-state index contributed by atoms with van der Waals surface area (Å²) in [4.78, 5) is 11.5. The molecule has 24 heavy (non-hydrogen) atoms. The molecule has 0 amide bonds. The number of anilines is 1. The highest BCUT2D eigenvalue weighted by molar-refractivity contribution is 5.66. The number of aromatic nitrogens is 4. The van der Waals surface area contributed by atoms with Crippen LogP contribution in [0, 0.1) is 13.8 Å². The average Bonchev–Trinajstić information content (AvgIpc) is 2.94. The Kier molecular flexibility index (Phi) is 4.49. The van der Waals surface area contributed by atoms with Crippen LogP contribution in [-0.2, 0) is 6.61 Å². The summed E-state index contributed by atoms with van der Waals surface area (Å²) in [5.41, 5.74) is 4.36. The molecule has 6 heteroatoms. The Bertz CT molecular complexity index is 850. The first-order valence-corrected chi connectivity index (χ1v) is 8.28. The maximum Gasteiger partial charge on any atom is 0.253 e. The van der Waals surface area contributed by atoms with Gasteiger partial charge in [0.05, 0.1) is 18.0 Å². The molecule has 3 aromatic rings. The van der Waals surface area contributed by atoms with Crippen molar-refractivity contribution in [2.75, 3.05) is 18.0 Å². The minimum absolute atomic E-state index is 0.136. The Morgan fingerprint density at radius 2 is 1.71 bits per heavy atom. The molecule has 0 spiro atoms. The van der Waals surface area contributed by atoms with Crippen molar-refractivity contribution in [3.05, 3.63) is 41.2 Å². The Balaban J connectivity index is 2.20. The molecule has 6 nitrogen and oxygen atoms in total. The number of rotatable bonds is 5. The summed E-state index contributed by atoms with van der Waals surface area (Å²) in [6.45, 7) is 9.76. The fraction of sp³-hybridized carbons (Fsp3) is 0.389. The van der Waals surface area contributed by atoms with Gasteiger partial charge < -0.3 is 10.0 Å². The minimum Gasteiger partial charge on any atom is -0.390 e. The van der Waals surface area contributed by atoms with Gasteiger partial charge in [0.2, 0.25) is 0 Å². The normalized spacial score (nSPS) is 11.2. The van der Waals surface area contributed by atoms with Crippen molar-refractivity contribution in [1.82, 2.24) is 19.6 Å². The van der Waals surface area contributed by atoms with E-state index in [0.29, 0.717) is 11.5 Å². The van der Waals surface area contributed by atoms with Crippen molar-refractivity contribution in [3.63, 3.8) is 0 Å². The van der Waals surface area contributed by atoms with Gasteiger partial charge in [-0.1, -0.05) is 29.8 Å². The monoisotopic (exact) mass is 325 g/mol. The standard InChI is InChI=1S/C18H23N5O/c1-5-22(6-2)17-13(4)21-23-15(11-24)16(19-18(23)20-17)14-9-7-12(3)8-10-14/h7-10,24H,5-6,11H2,1-4H3. The van der Waals surface area contributed by atoms with Crippen LogP contribution in [0.2, 0.25) is 0 Å². The van der Waals surface area contributed by atoms with Crippen LogP contribution >= 0.6 is 0 Å². The summed E-state index contributed by atoms with van der Waals surface area (Å²) in [7, 11) is 0. The number of hydrogen-bond acceptors (Lipinski definition) is 5. The van der Waals surface area contributed by atoms with Crippen LogP contribution in [0.5, 0.6) is 0 Å². The summed E-state index contributed by atoms with van der Waals surface area (Å²) >= 11 is 0. The molecule has 1 aromatic carbocycles.